The highest BCUT2D eigenvalue weighted by molar-refractivity contribution is 5.84. The Labute approximate surface area is 138 Å². The van der Waals surface area contributed by atoms with E-state index in [1.807, 2.05) is 0 Å². The highest BCUT2D eigenvalue weighted by Gasteiger charge is 2.43. The number of amides is 2. The molecular weight excluding hydrogens is 290 g/mol. The van der Waals surface area contributed by atoms with Crippen LogP contribution in [0.2, 0.25) is 0 Å². The first-order chi connectivity index (χ1) is 11.2. The maximum absolute atomic E-state index is 12.6. The summed E-state index contributed by atoms with van der Waals surface area (Å²) in [5.74, 6) is 0.707. The van der Waals surface area contributed by atoms with Crippen molar-refractivity contribution in [3.8, 4) is 6.07 Å². The Morgan fingerprint density at radius 3 is 2.09 bits per heavy atom. The highest BCUT2D eigenvalue weighted by atomic mass is 16.2. The molecule has 5 nitrogen and oxygen atoms in total. The zero-order valence-corrected chi connectivity index (χ0v) is 13.7. The number of nitrogens with one attached hydrogen (secondary N) is 2. The molecule has 2 amide bonds. The highest BCUT2D eigenvalue weighted by Crippen LogP contribution is 2.46. The number of nitrogens with zero attached hydrogens (tertiary/aromatic N) is 1. The molecule has 5 heteroatoms. The minimum absolute atomic E-state index is 0.0400. The lowest BCUT2D eigenvalue weighted by atomic mass is 9.61. The van der Waals surface area contributed by atoms with Gasteiger partial charge in [-0.15, -0.1) is 0 Å². The largest absolute Gasteiger partial charge is 0.273 e. The van der Waals surface area contributed by atoms with Crippen LogP contribution >= 0.6 is 0 Å². The van der Waals surface area contributed by atoms with Crippen LogP contribution in [0.25, 0.3) is 0 Å². The Morgan fingerprint density at radius 2 is 1.39 bits per heavy atom. The van der Waals surface area contributed by atoms with Gasteiger partial charge in [-0.25, -0.2) is 0 Å². The fourth-order valence-corrected chi connectivity index (χ4v) is 4.97. The zero-order chi connectivity index (χ0) is 16.2. The minimum Gasteiger partial charge on any atom is -0.273 e. The molecule has 0 radical (unpaired) electrons. The molecule has 0 bridgehead atoms. The Morgan fingerprint density at radius 1 is 0.783 bits per heavy atom. The fourth-order valence-electron chi connectivity index (χ4n) is 4.97. The van der Waals surface area contributed by atoms with Gasteiger partial charge < -0.3 is 0 Å². The molecule has 0 heterocycles. The third-order valence-electron chi connectivity index (χ3n) is 6.23. The van der Waals surface area contributed by atoms with E-state index in [0.29, 0.717) is 11.8 Å². The first kappa shape index (κ1) is 16.3. The molecule has 4 atom stereocenters. The van der Waals surface area contributed by atoms with E-state index in [1.165, 1.54) is 6.42 Å². The van der Waals surface area contributed by atoms with Crippen molar-refractivity contribution in [1.82, 2.24) is 10.9 Å². The molecule has 3 saturated carbocycles. The molecule has 126 valence electrons. The standard InChI is InChI=1S/C18H27N3O2/c19-11-13-9-10-16(15-8-4-3-7-14(13)15)18(23)21-20-17(22)12-5-1-2-6-12/h12-16H,1-10H2,(H,20,22)(H,21,23). The molecule has 3 aliphatic rings. The number of rotatable bonds is 2. The summed E-state index contributed by atoms with van der Waals surface area (Å²) in [4.78, 5) is 24.6. The summed E-state index contributed by atoms with van der Waals surface area (Å²) in [6.45, 7) is 0. The maximum atomic E-state index is 12.6. The molecule has 3 rings (SSSR count). The third-order valence-corrected chi connectivity index (χ3v) is 6.23. The van der Waals surface area contributed by atoms with E-state index >= 15 is 0 Å². The first-order valence-electron chi connectivity index (χ1n) is 9.20. The van der Waals surface area contributed by atoms with Gasteiger partial charge in [0.1, 0.15) is 0 Å². The minimum atomic E-state index is -0.0513. The average molecular weight is 317 g/mol. The lowest BCUT2D eigenvalue weighted by Gasteiger charge is -2.43. The van der Waals surface area contributed by atoms with E-state index in [4.69, 9.17) is 0 Å². The topological polar surface area (TPSA) is 82.0 Å². The van der Waals surface area contributed by atoms with Gasteiger partial charge in [0.05, 0.1) is 6.07 Å². The quantitative estimate of drug-likeness (QED) is 0.768. The Balaban J connectivity index is 1.56. The molecule has 2 N–H and O–H groups in total. The van der Waals surface area contributed by atoms with Crippen LogP contribution in [-0.4, -0.2) is 11.8 Å². The molecule has 3 fully saturated rings. The van der Waals surface area contributed by atoms with Crippen molar-refractivity contribution >= 4 is 11.8 Å². The second-order valence-corrected chi connectivity index (χ2v) is 7.49. The predicted molar refractivity (Wildman–Crippen MR) is 85.5 cm³/mol. The molecule has 0 aromatic carbocycles. The van der Waals surface area contributed by atoms with Crippen LogP contribution in [0.15, 0.2) is 0 Å². The molecule has 0 aromatic rings. The van der Waals surface area contributed by atoms with Gasteiger partial charge >= 0.3 is 0 Å². The lowest BCUT2D eigenvalue weighted by Crippen LogP contribution is -2.50. The SMILES string of the molecule is N#CC1CCC(C(=O)NNC(=O)C2CCCC2)C2CCCCC12. The van der Waals surface area contributed by atoms with E-state index < -0.39 is 0 Å². The molecule has 0 saturated heterocycles. The molecule has 0 aromatic heterocycles. The van der Waals surface area contributed by atoms with Crippen LogP contribution in [0.1, 0.15) is 64.2 Å². The number of carbonyl (C=O) groups is 2. The van der Waals surface area contributed by atoms with Crippen LogP contribution in [0.3, 0.4) is 0 Å². The number of fused-ring (bicyclic) bond motifs is 1. The van der Waals surface area contributed by atoms with Crippen LogP contribution < -0.4 is 10.9 Å². The number of hydrogen-bond donors (Lipinski definition) is 2. The van der Waals surface area contributed by atoms with Crippen LogP contribution in [0.5, 0.6) is 0 Å². The van der Waals surface area contributed by atoms with Crippen molar-refractivity contribution < 1.29 is 9.59 Å². The molecular formula is C18H27N3O2. The van der Waals surface area contributed by atoms with Crippen molar-refractivity contribution in [2.75, 3.05) is 0 Å². The third kappa shape index (κ3) is 3.52. The number of nitriles is 1. The average Bonchev–Trinajstić information content (AvgIpc) is 3.13. The summed E-state index contributed by atoms with van der Waals surface area (Å²) < 4.78 is 0. The summed E-state index contributed by atoms with van der Waals surface area (Å²) in [6.07, 6.45) is 10.1. The number of hydrazine groups is 1. The fraction of sp³-hybridized carbons (Fsp3) is 0.833. The first-order valence-corrected chi connectivity index (χ1v) is 9.20. The predicted octanol–water partition coefficient (Wildman–Crippen LogP) is 2.68. The van der Waals surface area contributed by atoms with E-state index in [1.54, 1.807) is 0 Å². The van der Waals surface area contributed by atoms with E-state index in [2.05, 4.69) is 16.9 Å². The molecule has 3 aliphatic carbocycles. The van der Waals surface area contributed by atoms with Gasteiger partial charge in [-0.05, 0) is 50.4 Å². The van der Waals surface area contributed by atoms with Crippen molar-refractivity contribution in [2.45, 2.75) is 64.2 Å². The lowest BCUT2D eigenvalue weighted by molar-refractivity contribution is -0.136. The monoisotopic (exact) mass is 317 g/mol. The van der Waals surface area contributed by atoms with E-state index in [-0.39, 0.29) is 29.6 Å². The molecule has 0 aliphatic heterocycles. The van der Waals surface area contributed by atoms with Crippen molar-refractivity contribution in [2.24, 2.45) is 29.6 Å². The zero-order valence-electron chi connectivity index (χ0n) is 13.7. The van der Waals surface area contributed by atoms with Crippen LogP contribution in [-0.2, 0) is 9.59 Å². The second-order valence-electron chi connectivity index (χ2n) is 7.49. The number of carbonyl (C=O) groups excluding carboxylic acids is 2. The van der Waals surface area contributed by atoms with E-state index in [9.17, 15) is 14.9 Å². The molecule has 0 spiro atoms. The van der Waals surface area contributed by atoms with Crippen molar-refractivity contribution in [3.63, 3.8) is 0 Å². The summed E-state index contributed by atoms with van der Waals surface area (Å²) in [7, 11) is 0. The van der Waals surface area contributed by atoms with Crippen molar-refractivity contribution in [3.05, 3.63) is 0 Å². The van der Waals surface area contributed by atoms with Crippen LogP contribution in [0.4, 0.5) is 0 Å². The van der Waals surface area contributed by atoms with Gasteiger partial charge in [0.25, 0.3) is 0 Å². The van der Waals surface area contributed by atoms with Gasteiger partial charge in [-0.3, -0.25) is 20.4 Å². The van der Waals surface area contributed by atoms with Gasteiger partial charge in [-0.1, -0.05) is 25.7 Å². The summed E-state index contributed by atoms with van der Waals surface area (Å²) in [6, 6.07) is 2.45. The van der Waals surface area contributed by atoms with Gasteiger partial charge in [0.15, 0.2) is 0 Å². The van der Waals surface area contributed by atoms with Gasteiger partial charge in [-0.2, -0.15) is 5.26 Å². The maximum Gasteiger partial charge on any atom is 0.241 e. The van der Waals surface area contributed by atoms with Crippen molar-refractivity contribution in [1.29, 1.82) is 5.26 Å². The summed E-state index contributed by atoms with van der Waals surface area (Å²) in [5, 5.41) is 9.34. The Bertz CT molecular complexity index is 493. The smallest absolute Gasteiger partial charge is 0.241 e. The van der Waals surface area contributed by atoms with Crippen LogP contribution in [0, 0.1) is 40.9 Å². The van der Waals surface area contributed by atoms with Gasteiger partial charge in [0, 0.05) is 17.8 Å². The summed E-state index contributed by atoms with van der Waals surface area (Å²) in [5.41, 5.74) is 5.31. The summed E-state index contributed by atoms with van der Waals surface area (Å²) >= 11 is 0. The second kappa shape index (κ2) is 7.33. The normalized spacial score (nSPS) is 34.2. The van der Waals surface area contributed by atoms with E-state index in [0.717, 1.165) is 57.8 Å². The molecule has 23 heavy (non-hydrogen) atoms. The van der Waals surface area contributed by atoms with Gasteiger partial charge in [0.2, 0.25) is 11.8 Å². The number of hydrogen-bond acceptors (Lipinski definition) is 3. The Kier molecular flexibility index (Phi) is 5.20. The molecule has 4 unspecified atom stereocenters. The Hall–Kier alpha value is -1.57.